The number of thiazole rings is 1. The van der Waals surface area contributed by atoms with Gasteiger partial charge in [0.05, 0.1) is 5.69 Å². The number of sulfone groups is 1. The quantitative estimate of drug-likeness (QED) is 0.836. The van der Waals surface area contributed by atoms with E-state index in [-0.39, 0.29) is 6.04 Å². The summed E-state index contributed by atoms with van der Waals surface area (Å²) in [5.74, 6) is -0.585. The Labute approximate surface area is 104 Å². The molecule has 0 saturated carbocycles. The number of hydrogen-bond donors (Lipinski definition) is 2. The van der Waals surface area contributed by atoms with Crippen molar-refractivity contribution in [2.24, 2.45) is 5.73 Å². The monoisotopic (exact) mass is 277 g/mol. The van der Waals surface area contributed by atoms with Crippen LogP contribution in [0.2, 0.25) is 0 Å². The fourth-order valence-corrected chi connectivity index (χ4v) is 2.22. The fraction of sp³-hybridized carbons (Fsp3) is 0.556. The van der Waals surface area contributed by atoms with Crippen LogP contribution in [0.5, 0.6) is 0 Å². The molecule has 1 amide bonds. The molecule has 1 aromatic rings. The molecule has 1 rings (SSSR count). The molecule has 0 radical (unpaired) electrons. The minimum absolute atomic E-state index is 0.218. The van der Waals surface area contributed by atoms with Gasteiger partial charge in [-0.25, -0.2) is 13.4 Å². The van der Waals surface area contributed by atoms with Crippen LogP contribution in [0.1, 0.15) is 25.6 Å². The summed E-state index contributed by atoms with van der Waals surface area (Å²) in [6.45, 7) is 3.12. The maximum absolute atomic E-state index is 11.6. The number of amides is 1. The molecule has 6 nitrogen and oxygen atoms in total. The topological polar surface area (TPSA) is 102 Å². The van der Waals surface area contributed by atoms with Crippen molar-refractivity contribution in [1.82, 2.24) is 4.98 Å². The predicted molar refractivity (Wildman–Crippen MR) is 67.7 cm³/mol. The first-order valence-corrected chi connectivity index (χ1v) is 7.76. The normalized spacial score (nSPS) is 15.3. The highest BCUT2D eigenvalue weighted by molar-refractivity contribution is 7.92. The predicted octanol–water partition coefficient (Wildman–Crippen LogP) is 0.534. The van der Waals surface area contributed by atoms with Crippen LogP contribution in [0.3, 0.4) is 0 Å². The number of aromatic nitrogens is 1. The summed E-state index contributed by atoms with van der Waals surface area (Å²) in [6, 6.07) is -0.218. The van der Waals surface area contributed by atoms with E-state index < -0.39 is 21.0 Å². The Morgan fingerprint density at radius 3 is 2.53 bits per heavy atom. The van der Waals surface area contributed by atoms with Crippen LogP contribution in [-0.2, 0) is 14.6 Å². The number of nitrogens with two attached hydrogens (primary N) is 1. The number of carbonyl (C=O) groups excluding carboxylic acids is 1. The van der Waals surface area contributed by atoms with E-state index in [0.717, 1.165) is 6.26 Å². The van der Waals surface area contributed by atoms with Gasteiger partial charge in [-0.2, -0.15) is 0 Å². The molecule has 96 valence electrons. The second-order valence-electron chi connectivity index (χ2n) is 3.83. The van der Waals surface area contributed by atoms with E-state index in [4.69, 9.17) is 5.73 Å². The number of rotatable bonds is 4. The first-order valence-electron chi connectivity index (χ1n) is 4.92. The summed E-state index contributed by atoms with van der Waals surface area (Å²) >= 11 is 1.22. The lowest BCUT2D eigenvalue weighted by molar-refractivity contribution is -0.115. The van der Waals surface area contributed by atoms with Crippen molar-refractivity contribution in [1.29, 1.82) is 0 Å². The summed E-state index contributed by atoms with van der Waals surface area (Å²) in [7, 11) is -3.39. The lowest BCUT2D eigenvalue weighted by Gasteiger charge is -2.07. The third kappa shape index (κ3) is 3.76. The zero-order valence-corrected chi connectivity index (χ0v) is 11.4. The van der Waals surface area contributed by atoms with E-state index in [2.05, 4.69) is 10.3 Å². The first-order chi connectivity index (χ1) is 7.71. The van der Waals surface area contributed by atoms with E-state index in [1.807, 2.05) is 0 Å². The molecule has 2 atom stereocenters. The molecular weight excluding hydrogens is 262 g/mol. The minimum atomic E-state index is -3.39. The van der Waals surface area contributed by atoms with Crippen molar-refractivity contribution in [3.63, 3.8) is 0 Å². The first kappa shape index (κ1) is 14.1. The summed E-state index contributed by atoms with van der Waals surface area (Å²) in [5.41, 5.74) is 6.29. The van der Waals surface area contributed by atoms with Gasteiger partial charge in [0.1, 0.15) is 5.25 Å². The van der Waals surface area contributed by atoms with Crippen molar-refractivity contribution >= 4 is 32.2 Å². The molecule has 0 spiro atoms. The molecule has 0 bridgehead atoms. The van der Waals surface area contributed by atoms with E-state index >= 15 is 0 Å². The van der Waals surface area contributed by atoms with Crippen LogP contribution >= 0.6 is 11.3 Å². The van der Waals surface area contributed by atoms with E-state index in [1.54, 1.807) is 12.3 Å². The Bertz CT molecular complexity index is 507. The Morgan fingerprint density at radius 2 is 2.12 bits per heavy atom. The molecule has 0 aromatic carbocycles. The number of nitrogens with one attached hydrogen (secondary N) is 1. The van der Waals surface area contributed by atoms with Crippen LogP contribution < -0.4 is 11.1 Å². The standard InChI is InChI=1S/C9H15N3O3S2/c1-5(10)7-4-16-9(11-7)12-8(13)6(2)17(3,14)15/h4-6H,10H2,1-3H3,(H,11,12,13). The van der Waals surface area contributed by atoms with Crippen LogP contribution in [0.15, 0.2) is 5.38 Å². The molecule has 17 heavy (non-hydrogen) atoms. The zero-order chi connectivity index (χ0) is 13.2. The lowest BCUT2D eigenvalue weighted by Crippen LogP contribution is -2.31. The number of hydrogen-bond acceptors (Lipinski definition) is 6. The third-order valence-electron chi connectivity index (χ3n) is 2.23. The van der Waals surface area contributed by atoms with Crippen molar-refractivity contribution in [3.8, 4) is 0 Å². The molecule has 0 aliphatic heterocycles. The second-order valence-corrected chi connectivity index (χ2v) is 7.05. The number of nitrogens with zero attached hydrogens (tertiary/aromatic N) is 1. The number of anilines is 1. The van der Waals surface area contributed by atoms with Crippen molar-refractivity contribution < 1.29 is 13.2 Å². The second kappa shape index (κ2) is 5.11. The molecular formula is C9H15N3O3S2. The fourth-order valence-electron chi connectivity index (χ4n) is 0.954. The Kier molecular flexibility index (Phi) is 4.23. The maximum atomic E-state index is 11.6. The molecule has 1 heterocycles. The minimum Gasteiger partial charge on any atom is -0.323 e. The Balaban J connectivity index is 2.75. The molecule has 0 aliphatic carbocycles. The summed E-state index contributed by atoms with van der Waals surface area (Å²) in [5, 5.41) is 3.45. The van der Waals surface area contributed by atoms with Gasteiger partial charge in [-0.05, 0) is 13.8 Å². The van der Waals surface area contributed by atoms with E-state index in [0.29, 0.717) is 10.8 Å². The molecule has 8 heteroatoms. The number of carbonyl (C=O) groups is 1. The van der Waals surface area contributed by atoms with Crippen molar-refractivity contribution in [2.45, 2.75) is 25.1 Å². The molecule has 1 aromatic heterocycles. The van der Waals surface area contributed by atoms with Gasteiger partial charge in [-0.1, -0.05) is 0 Å². The molecule has 2 unspecified atom stereocenters. The summed E-state index contributed by atoms with van der Waals surface area (Å²) in [4.78, 5) is 15.7. The van der Waals surface area contributed by atoms with Gasteiger partial charge < -0.3 is 11.1 Å². The molecule has 0 fully saturated rings. The van der Waals surface area contributed by atoms with Gasteiger partial charge in [-0.3, -0.25) is 4.79 Å². The Morgan fingerprint density at radius 1 is 1.53 bits per heavy atom. The summed E-state index contributed by atoms with van der Waals surface area (Å²) in [6.07, 6.45) is 1.02. The van der Waals surface area contributed by atoms with Crippen LogP contribution in [0.25, 0.3) is 0 Å². The smallest absolute Gasteiger partial charge is 0.244 e. The van der Waals surface area contributed by atoms with Gasteiger partial charge >= 0.3 is 0 Å². The van der Waals surface area contributed by atoms with Crippen molar-refractivity contribution in [2.75, 3.05) is 11.6 Å². The van der Waals surface area contributed by atoms with Gasteiger partial charge in [0.25, 0.3) is 0 Å². The zero-order valence-electron chi connectivity index (χ0n) is 9.80. The van der Waals surface area contributed by atoms with E-state index in [9.17, 15) is 13.2 Å². The van der Waals surface area contributed by atoms with Crippen LogP contribution in [-0.4, -0.2) is 30.8 Å². The van der Waals surface area contributed by atoms with Gasteiger partial charge in [0.15, 0.2) is 15.0 Å². The Hall–Kier alpha value is -0.990. The molecule has 3 N–H and O–H groups in total. The third-order valence-corrected chi connectivity index (χ3v) is 4.50. The SMILES string of the molecule is CC(N)c1csc(NC(=O)C(C)S(C)(=O)=O)n1. The van der Waals surface area contributed by atoms with Gasteiger partial charge in [0.2, 0.25) is 5.91 Å². The van der Waals surface area contributed by atoms with Gasteiger partial charge in [-0.15, -0.1) is 11.3 Å². The van der Waals surface area contributed by atoms with Crippen LogP contribution in [0.4, 0.5) is 5.13 Å². The largest absolute Gasteiger partial charge is 0.323 e. The van der Waals surface area contributed by atoms with Crippen LogP contribution in [0, 0.1) is 0 Å². The van der Waals surface area contributed by atoms with Gasteiger partial charge in [0, 0.05) is 17.7 Å². The maximum Gasteiger partial charge on any atom is 0.244 e. The van der Waals surface area contributed by atoms with Crippen molar-refractivity contribution in [3.05, 3.63) is 11.1 Å². The lowest BCUT2D eigenvalue weighted by atomic mass is 10.3. The highest BCUT2D eigenvalue weighted by Gasteiger charge is 2.24. The average molecular weight is 277 g/mol. The highest BCUT2D eigenvalue weighted by atomic mass is 32.2. The average Bonchev–Trinajstić information content (AvgIpc) is 2.63. The van der Waals surface area contributed by atoms with E-state index in [1.165, 1.54) is 18.3 Å². The molecule has 0 saturated heterocycles. The summed E-state index contributed by atoms with van der Waals surface area (Å²) < 4.78 is 22.4. The molecule has 0 aliphatic rings. The highest BCUT2D eigenvalue weighted by Crippen LogP contribution is 2.19.